The fourth-order valence-corrected chi connectivity index (χ4v) is 1.93. The summed E-state index contributed by atoms with van der Waals surface area (Å²) < 4.78 is 0. The number of amides is 2. The molecule has 5 nitrogen and oxygen atoms in total. The van der Waals surface area contributed by atoms with Crippen molar-refractivity contribution in [2.75, 3.05) is 11.1 Å². The van der Waals surface area contributed by atoms with Gasteiger partial charge in [0.2, 0.25) is 0 Å². The molecule has 6 heteroatoms. The van der Waals surface area contributed by atoms with Crippen LogP contribution in [0.15, 0.2) is 42.5 Å². The molecule has 2 amide bonds. The predicted molar refractivity (Wildman–Crippen MR) is 78.8 cm³/mol. The first-order valence-electron chi connectivity index (χ1n) is 5.74. The van der Waals surface area contributed by atoms with Crippen LogP contribution in [0.3, 0.4) is 0 Å². The summed E-state index contributed by atoms with van der Waals surface area (Å²) in [6, 6.07) is 11.1. The summed E-state index contributed by atoms with van der Waals surface area (Å²) in [6.45, 7) is 0. The van der Waals surface area contributed by atoms with E-state index in [4.69, 9.17) is 23.1 Å². The molecule has 0 fully saturated rings. The van der Waals surface area contributed by atoms with Crippen molar-refractivity contribution in [3.63, 3.8) is 0 Å². The summed E-state index contributed by atoms with van der Waals surface area (Å²) in [6.07, 6.45) is 0. The summed E-state index contributed by atoms with van der Waals surface area (Å²) in [5, 5.41) is 2.92. The Bertz CT molecular complexity index is 686. The van der Waals surface area contributed by atoms with Gasteiger partial charge in [-0.25, -0.2) is 0 Å². The fourth-order valence-electron chi connectivity index (χ4n) is 1.71. The Morgan fingerprint density at radius 1 is 1.05 bits per heavy atom. The first-order chi connectivity index (χ1) is 9.49. The van der Waals surface area contributed by atoms with Crippen molar-refractivity contribution in [3.8, 4) is 0 Å². The van der Waals surface area contributed by atoms with Gasteiger partial charge in [-0.1, -0.05) is 23.7 Å². The number of carbonyl (C=O) groups is 2. The van der Waals surface area contributed by atoms with Crippen molar-refractivity contribution in [1.29, 1.82) is 0 Å². The van der Waals surface area contributed by atoms with Crippen LogP contribution in [0.25, 0.3) is 0 Å². The molecular formula is C14H12ClN3O2. The van der Waals surface area contributed by atoms with Gasteiger partial charge in [-0.15, -0.1) is 0 Å². The van der Waals surface area contributed by atoms with E-state index in [1.54, 1.807) is 30.3 Å². The maximum absolute atomic E-state index is 12.1. The van der Waals surface area contributed by atoms with Gasteiger partial charge in [0, 0.05) is 5.69 Å². The van der Waals surface area contributed by atoms with Crippen molar-refractivity contribution in [1.82, 2.24) is 0 Å². The van der Waals surface area contributed by atoms with E-state index in [0.717, 1.165) is 0 Å². The molecular weight excluding hydrogens is 278 g/mol. The standard InChI is InChI=1S/C14H12ClN3O2/c15-11-4-2-1-3-9(11)14(20)18-12-6-5-8(16)7-10(12)13(17)19/h1-7H,16H2,(H2,17,19)(H,18,20). The van der Waals surface area contributed by atoms with Crippen LogP contribution in [0.2, 0.25) is 5.02 Å². The quantitative estimate of drug-likeness (QED) is 0.756. The van der Waals surface area contributed by atoms with E-state index in [9.17, 15) is 9.59 Å². The van der Waals surface area contributed by atoms with E-state index in [1.165, 1.54) is 12.1 Å². The average Bonchev–Trinajstić information content (AvgIpc) is 2.41. The van der Waals surface area contributed by atoms with E-state index in [2.05, 4.69) is 5.32 Å². The van der Waals surface area contributed by atoms with Crippen molar-refractivity contribution in [2.24, 2.45) is 5.73 Å². The first-order valence-corrected chi connectivity index (χ1v) is 6.12. The fraction of sp³-hybridized carbons (Fsp3) is 0. The monoisotopic (exact) mass is 289 g/mol. The average molecular weight is 290 g/mol. The largest absolute Gasteiger partial charge is 0.399 e. The second-order valence-corrected chi connectivity index (χ2v) is 4.51. The molecule has 0 aliphatic rings. The summed E-state index contributed by atoms with van der Waals surface area (Å²) >= 11 is 5.94. The lowest BCUT2D eigenvalue weighted by atomic mass is 10.1. The molecule has 2 aromatic carbocycles. The minimum atomic E-state index is -0.674. The van der Waals surface area contributed by atoms with Crippen LogP contribution in [0, 0.1) is 0 Å². The molecule has 0 saturated heterocycles. The highest BCUT2D eigenvalue weighted by atomic mass is 35.5. The Labute approximate surface area is 120 Å². The first kappa shape index (κ1) is 13.9. The molecule has 0 radical (unpaired) electrons. The van der Waals surface area contributed by atoms with Crippen LogP contribution in [0.4, 0.5) is 11.4 Å². The maximum atomic E-state index is 12.1. The molecule has 102 valence electrons. The van der Waals surface area contributed by atoms with Crippen LogP contribution >= 0.6 is 11.6 Å². The Balaban J connectivity index is 2.33. The van der Waals surface area contributed by atoms with Gasteiger partial charge < -0.3 is 16.8 Å². The lowest BCUT2D eigenvalue weighted by molar-refractivity contribution is 0.100. The van der Waals surface area contributed by atoms with Crippen LogP contribution in [0.1, 0.15) is 20.7 Å². The van der Waals surface area contributed by atoms with Crippen LogP contribution in [-0.4, -0.2) is 11.8 Å². The van der Waals surface area contributed by atoms with Crippen LogP contribution in [0.5, 0.6) is 0 Å². The number of rotatable bonds is 3. The molecule has 0 saturated carbocycles. The van der Waals surface area contributed by atoms with Crippen molar-refractivity contribution in [3.05, 3.63) is 58.6 Å². The third-order valence-electron chi connectivity index (χ3n) is 2.68. The molecule has 0 bridgehead atoms. The van der Waals surface area contributed by atoms with Gasteiger partial charge in [0.25, 0.3) is 11.8 Å². The topological polar surface area (TPSA) is 98.2 Å². The Kier molecular flexibility index (Phi) is 3.91. The van der Waals surface area contributed by atoms with E-state index in [1.807, 2.05) is 0 Å². The van der Waals surface area contributed by atoms with E-state index >= 15 is 0 Å². The maximum Gasteiger partial charge on any atom is 0.257 e. The molecule has 0 spiro atoms. The van der Waals surface area contributed by atoms with Gasteiger partial charge in [-0.2, -0.15) is 0 Å². The van der Waals surface area contributed by atoms with E-state index in [0.29, 0.717) is 16.3 Å². The summed E-state index contributed by atoms with van der Waals surface area (Å²) in [5.41, 5.74) is 12.0. The number of nitrogens with one attached hydrogen (secondary N) is 1. The highest BCUT2D eigenvalue weighted by Crippen LogP contribution is 2.21. The minimum absolute atomic E-state index is 0.144. The van der Waals surface area contributed by atoms with Gasteiger partial charge in [-0.3, -0.25) is 9.59 Å². The number of carbonyl (C=O) groups excluding carboxylic acids is 2. The van der Waals surface area contributed by atoms with Gasteiger partial charge in [-0.05, 0) is 30.3 Å². The van der Waals surface area contributed by atoms with Gasteiger partial charge in [0.05, 0.1) is 21.8 Å². The molecule has 0 unspecified atom stereocenters. The second-order valence-electron chi connectivity index (χ2n) is 4.10. The minimum Gasteiger partial charge on any atom is -0.399 e. The Morgan fingerprint density at radius 2 is 1.75 bits per heavy atom. The molecule has 2 rings (SSSR count). The SMILES string of the molecule is NC(=O)c1cc(N)ccc1NC(=O)c1ccccc1Cl. The van der Waals surface area contributed by atoms with Crippen LogP contribution in [-0.2, 0) is 0 Å². The highest BCUT2D eigenvalue weighted by Gasteiger charge is 2.14. The van der Waals surface area contributed by atoms with Crippen molar-refractivity contribution in [2.45, 2.75) is 0 Å². The molecule has 5 N–H and O–H groups in total. The summed E-state index contributed by atoms with van der Waals surface area (Å²) in [5.74, 6) is -1.10. The number of hydrogen-bond donors (Lipinski definition) is 3. The third-order valence-corrected chi connectivity index (χ3v) is 3.01. The Hall–Kier alpha value is -2.53. The number of nitrogen functional groups attached to an aromatic ring is 1. The molecule has 0 heterocycles. The lowest BCUT2D eigenvalue weighted by Crippen LogP contribution is -2.18. The normalized spacial score (nSPS) is 10.1. The van der Waals surface area contributed by atoms with Crippen molar-refractivity contribution < 1.29 is 9.59 Å². The van der Waals surface area contributed by atoms with Gasteiger partial charge in [0.15, 0.2) is 0 Å². The number of primary amides is 1. The zero-order chi connectivity index (χ0) is 14.7. The molecule has 20 heavy (non-hydrogen) atoms. The molecule has 2 aromatic rings. The third kappa shape index (κ3) is 2.89. The summed E-state index contributed by atoms with van der Waals surface area (Å²) in [7, 11) is 0. The molecule has 0 aliphatic heterocycles. The van der Waals surface area contributed by atoms with Crippen LogP contribution < -0.4 is 16.8 Å². The predicted octanol–water partition coefficient (Wildman–Crippen LogP) is 2.27. The summed E-state index contributed by atoms with van der Waals surface area (Å²) in [4.78, 5) is 23.5. The van der Waals surface area contributed by atoms with E-state index < -0.39 is 11.8 Å². The highest BCUT2D eigenvalue weighted by molar-refractivity contribution is 6.34. The molecule has 0 aromatic heterocycles. The second kappa shape index (κ2) is 5.63. The number of benzene rings is 2. The molecule has 0 aliphatic carbocycles. The smallest absolute Gasteiger partial charge is 0.257 e. The Morgan fingerprint density at radius 3 is 2.40 bits per heavy atom. The van der Waals surface area contributed by atoms with E-state index in [-0.39, 0.29) is 11.3 Å². The van der Waals surface area contributed by atoms with Gasteiger partial charge in [0.1, 0.15) is 0 Å². The molecule has 0 atom stereocenters. The number of halogens is 1. The number of hydrogen-bond acceptors (Lipinski definition) is 3. The van der Waals surface area contributed by atoms with Crippen molar-refractivity contribution >= 4 is 34.8 Å². The number of anilines is 2. The number of nitrogens with two attached hydrogens (primary N) is 2. The zero-order valence-electron chi connectivity index (χ0n) is 10.4. The lowest BCUT2D eigenvalue weighted by Gasteiger charge is -2.10. The van der Waals surface area contributed by atoms with Gasteiger partial charge >= 0.3 is 0 Å². The zero-order valence-corrected chi connectivity index (χ0v) is 11.1.